The molecular weight excluding hydrogens is 212 g/mol. The van der Waals surface area contributed by atoms with Gasteiger partial charge in [0.15, 0.2) is 0 Å². The summed E-state index contributed by atoms with van der Waals surface area (Å²) in [4.78, 5) is 20.5. The van der Waals surface area contributed by atoms with Crippen molar-refractivity contribution < 1.29 is 14.8 Å². The van der Waals surface area contributed by atoms with E-state index >= 15 is 0 Å². The van der Waals surface area contributed by atoms with Crippen LogP contribution in [0.15, 0.2) is 24.3 Å². The molecule has 0 atom stereocenters. The number of aliphatic carboxylic acids is 1. The van der Waals surface area contributed by atoms with Gasteiger partial charge >= 0.3 is 5.97 Å². The molecule has 0 aliphatic rings. The van der Waals surface area contributed by atoms with Gasteiger partial charge in [-0.15, -0.1) is 0 Å². The molecule has 0 aliphatic heterocycles. The molecule has 0 saturated carbocycles. The third-order valence-electron chi connectivity index (χ3n) is 1.91. The average Bonchev–Trinajstić information content (AvgIpc) is 2.25. The highest BCUT2D eigenvalue weighted by Gasteiger charge is 2.12. The molecule has 16 heavy (non-hydrogen) atoms. The van der Waals surface area contributed by atoms with Crippen molar-refractivity contribution in [2.75, 3.05) is 12.4 Å². The maximum atomic E-state index is 10.7. The van der Waals surface area contributed by atoms with Crippen molar-refractivity contribution in [2.45, 2.75) is 0 Å². The lowest BCUT2D eigenvalue weighted by atomic mass is 10.1. The summed E-state index contributed by atoms with van der Waals surface area (Å²) in [5, 5.41) is 21.8. The maximum absolute atomic E-state index is 10.7. The number of nitro benzene ring substituents is 1. The third-order valence-corrected chi connectivity index (χ3v) is 1.91. The topological polar surface area (TPSA) is 92.5 Å². The van der Waals surface area contributed by atoms with Crippen LogP contribution in [-0.4, -0.2) is 23.0 Å². The zero-order chi connectivity index (χ0) is 12.1. The minimum atomic E-state index is -1.10. The minimum absolute atomic E-state index is 0.0879. The molecule has 6 heteroatoms. The Morgan fingerprint density at radius 1 is 1.56 bits per heavy atom. The predicted molar refractivity (Wildman–Crippen MR) is 59.3 cm³/mol. The smallest absolute Gasteiger partial charge is 0.328 e. The van der Waals surface area contributed by atoms with Crippen molar-refractivity contribution >= 4 is 23.4 Å². The standard InChI is InChI=1S/C10H10N2O4/c1-11-8-4-2-7(3-5-10(13)14)6-9(8)12(15)16/h2-6,11H,1H3,(H,13,14). The zero-order valence-corrected chi connectivity index (χ0v) is 8.51. The van der Waals surface area contributed by atoms with Gasteiger partial charge in [-0.25, -0.2) is 4.79 Å². The highest BCUT2D eigenvalue weighted by atomic mass is 16.6. The van der Waals surface area contributed by atoms with Crippen molar-refractivity contribution in [1.29, 1.82) is 0 Å². The van der Waals surface area contributed by atoms with Crippen LogP contribution in [0.1, 0.15) is 5.56 Å². The Balaban J connectivity index is 3.12. The second-order valence-corrected chi connectivity index (χ2v) is 2.96. The fraction of sp³-hybridized carbons (Fsp3) is 0.100. The number of rotatable bonds is 4. The van der Waals surface area contributed by atoms with Crippen LogP contribution in [0.3, 0.4) is 0 Å². The lowest BCUT2D eigenvalue weighted by molar-refractivity contribution is -0.384. The Morgan fingerprint density at radius 3 is 2.75 bits per heavy atom. The average molecular weight is 222 g/mol. The lowest BCUT2D eigenvalue weighted by Crippen LogP contribution is -1.96. The number of anilines is 1. The molecule has 0 heterocycles. The number of carboxylic acids is 1. The highest BCUT2D eigenvalue weighted by molar-refractivity contribution is 5.85. The third kappa shape index (κ3) is 2.81. The molecule has 0 radical (unpaired) electrons. The highest BCUT2D eigenvalue weighted by Crippen LogP contribution is 2.25. The Morgan fingerprint density at radius 2 is 2.25 bits per heavy atom. The molecule has 0 saturated heterocycles. The number of nitrogens with one attached hydrogen (secondary N) is 1. The first-order valence-corrected chi connectivity index (χ1v) is 4.42. The summed E-state index contributed by atoms with van der Waals surface area (Å²) in [6, 6.07) is 4.43. The molecule has 0 fully saturated rings. The van der Waals surface area contributed by atoms with Gasteiger partial charge in [-0.3, -0.25) is 10.1 Å². The summed E-state index contributed by atoms with van der Waals surface area (Å²) >= 11 is 0. The van der Waals surface area contributed by atoms with Crippen LogP contribution in [0.2, 0.25) is 0 Å². The number of hydrogen-bond acceptors (Lipinski definition) is 4. The number of hydrogen-bond donors (Lipinski definition) is 2. The Labute approximate surface area is 91.4 Å². The van der Waals surface area contributed by atoms with E-state index in [2.05, 4.69) is 5.32 Å². The van der Waals surface area contributed by atoms with E-state index in [0.29, 0.717) is 11.3 Å². The molecule has 84 valence electrons. The fourth-order valence-corrected chi connectivity index (χ4v) is 1.18. The van der Waals surface area contributed by atoms with E-state index in [4.69, 9.17) is 5.11 Å². The Bertz CT molecular complexity index is 454. The quantitative estimate of drug-likeness (QED) is 0.459. The molecule has 0 unspecified atom stereocenters. The fourth-order valence-electron chi connectivity index (χ4n) is 1.18. The largest absolute Gasteiger partial charge is 0.478 e. The van der Waals surface area contributed by atoms with Crippen LogP contribution in [0, 0.1) is 10.1 Å². The molecule has 0 bridgehead atoms. The number of carbonyl (C=O) groups is 1. The van der Waals surface area contributed by atoms with E-state index in [9.17, 15) is 14.9 Å². The van der Waals surface area contributed by atoms with Crippen molar-refractivity contribution in [3.8, 4) is 0 Å². The van der Waals surface area contributed by atoms with Crippen LogP contribution in [0.5, 0.6) is 0 Å². The van der Waals surface area contributed by atoms with Crippen LogP contribution < -0.4 is 5.32 Å². The Kier molecular flexibility index (Phi) is 3.60. The van der Waals surface area contributed by atoms with Gasteiger partial charge in [0.2, 0.25) is 0 Å². The monoisotopic (exact) mass is 222 g/mol. The summed E-state index contributed by atoms with van der Waals surface area (Å²) in [5.41, 5.74) is 0.764. The number of benzene rings is 1. The summed E-state index contributed by atoms with van der Waals surface area (Å²) in [7, 11) is 1.58. The first kappa shape index (κ1) is 11.7. The molecule has 6 nitrogen and oxygen atoms in total. The van der Waals surface area contributed by atoms with Gasteiger partial charge in [-0.2, -0.15) is 0 Å². The van der Waals surface area contributed by atoms with E-state index in [-0.39, 0.29) is 5.69 Å². The van der Waals surface area contributed by atoms with Crippen molar-refractivity contribution in [2.24, 2.45) is 0 Å². The molecule has 2 N–H and O–H groups in total. The van der Waals surface area contributed by atoms with E-state index in [0.717, 1.165) is 6.08 Å². The maximum Gasteiger partial charge on any atom is 0.328 e. The van der Waals surface area contributed by atoms with Gasteiger partial charge in [-0.05, 0) is 17.7 Å². The first-order chi connectivity index (χ1) is 7.54. The van der Waals surface area contributed by atoms with Crippen LogP contribution in [-0.2, 0) is 4.79 Å². The molecular formula is C10H10N2O4. The minimum Gasteiger partial charge on any atom is -0.478 e. The van der Waals surface area contributed by atoms with Gasteiger partial charge in [-0.1, -0.05) is 6.07 Å². The Hall–Kier alpha value is -2.37. The second-order valence-electron chi connectivity index (χ2n) is 2.96. The van der Waals surface area contributed by atoms with Crippen LogP contribution in [0.25, 0.3) is 6.08 Å². The lowest BCUT2D eigenvalue weighted by Gasteiger charge is -2.02. The van der Waals surface area contributed by atoms with Crippen molar-refractivity contribution in [3.05, 3.63) is 40.0 Å². The molecule has 0 aromatic heterocycles. The summed E-state index contributed by atoms with van der Waals surface area (Å²) < 4.78 is 0. The number of nitro groups is 1. The predicted octanol–water partition coefficient (Wildman–Crippen LogP) is 1.73. The summed E-state index contributed by atoms with van der Waals surface area (Å²) in [5.74, 6) is -1.10. The normalized spacial score (nSPS) is 10.3. The van der Waals surface area contributed by atoms with Gasteiger partial charge in [0.1, 0.15) is 5.69 Å². The SMILES string of the molecule is CNc1ccc(C=CC(=O)O)cc1[N+](=O)[O-]. The molecule has 1 rings (SSSR count). The van der Waals surface area contributed by atoms with Gasteiger partial charge in [0.25, 0.3) is 5.69 Å². The first-order valence-electron chi connectivity index (χ1n) is 4.42. The zero-order valence-electron chi connectivity index (χ0n) is 8.51. The van der Waals surface area contributed by atoms with Gasteiger partial charge in [0, 0.05) is 19.2 Å². The summed E-state index contributed by atoms with van der Waals surface area (Å²) in [6.07, 6.45) is 2.23. The van der Waals surface area contributed by atoms with Crippen LogP contribution in [0.4, 0.5) is 11.4 Å². The number of nitrogens with zero attached hydrogens (tertiary/aromatic N) is 1. The molecule has 1 aromatic carbocycles. The van der Waals surface area contributed by atoms with Gasteiger partial charge in [0.05, 0.1) is 4.92 Å². The van der Waals surface area contributed by atoms with Crippen LogP contribution >= 0.6 is 0 Å². The van der Waals surface area contributed by atoms with E-state index < -0.39 is 10.9 Å². The van der Waals surface area contributed by atoms with Gasteiger partial charge < -0.3 is 10.4 Å². The van der Waals surface area contributed by atoms with E-state index in [1.807, 2.05) is 0 Å². The summed E-state index contributed by atoms with van der Waals surface area (Å²) in [6.45, 7) is 0. The molecule has 1 aromatic rings. The van der Waals surface area contributed by atoms with Crippen molar-refractivity contribution in [1.82, 2.24) is 0 Å². The molecule has 0 amide bonds. The van der Waals surface area contributed by atoms with E-state index in [1.54, 1.807) is 13.1 Å². The number of carboxylic acid groups (broad SMARTS) is 1. The van der Waals surface area contributed by atoms with E-state index in [1.165, 1.54) is 18.2 Å². The molecule has 0 aliphatic carbocycles. The second kappa shape index (κ2) is 4.92. The molecule has 0 spiro atoms. The van der Waals surface area contributed by atoms with Crippen molar-refractivity contribution in [3.63, 3.8) is 0 Å².